The number of likely N-dealkylation sites (tertiary alicyclic amines) is 1. The number of thiazole rings is 1. The normalized spacial score (nSPS) is 27.3. The highest BCUT2D eigenvalue weighted by atomic mass is 32.2. The number of ether oxygens (including phenoxy) is 2. The van der Waals surface area contributed by atoms with Crippen LogP contribution >= 0.6 is 11.3 Å². The van der Waals surface area contributed by atoms with Crippen molar-refractivity contribution in [1.82, 2.24) is 24.5 Å². The number of amides is 3. The minimum absolute atomic E-state index is 0.0245. The second kappa shape index (κ2) is 17.2. The van der Waals surface area contributed by atoms with E-state index in [2.05, 4.69) is 18.6 Å². The molecule has 334 valence electrons. The zero-order valence-corrected chi connectivity index (χ0v) is 37.3. The number of carbonyl (C=O) groups excluding carboxylic acids is 4. The first-order valence-corrected chi connectivity index (χ1v) is 24.2. The van der Waals surface area contributed by atoms with E-state index < -0.39 is 74.7 Å². The molecule has 5 aliphatic rings. The molecule has 5 atom stereocenters. The van der Waals surface area contributed by atoms with Crippen LogP contribution in [0.3, 0.4) is 0 Å². The first-order valence-electron chi connectivity index (χ1n) is 21.8. The number of benzene rings is 1. The molecular weight excluding hydrogens is 841 g/mol. The first kappa shape index (κ1) is 44.1. The summed E-state index contributed by atoms with van der Waals surface area (Å²) < 4.78 is 69.6. The fraction of sp³-hybridized carbons (Fsp3) is 0.600. The average molecular weight is 896 g/mol. The smallest absolute Gasteiger partial charge is 0.265 e. The third kappa shape index (κ3) is 9.11. The van der Waals surface area contributed by atoms with Crippen LogP contribution in [-0.4, -0.2) is 102 Å². The molecule has 3 aliphatic heterocycles. The monoisotopic (exact) mass is 895 g/mol. The molecule has 2 saturated carbocycles. The number of ketones is 1. The topological polar surface area (TPSA) is 165 Å². The molecule has 2 aliphatic carbocycles. The van der Waals surface area contributed by atoms with Crippen LogP contribution < -0.4 is 14.2 Å². The molecule has 1 N–H and O–H groups in total. The Morgan fingerprint density at radius 2 is 1.87 bits per heavy atom. The van der Waals surface area contributed by atoms with Gasteiger partial charge in [0.05, 0.1) is 48.1 Å². The zero-order chi connectivity index (χ0) is 44.1. The molecular formula is C45H55F2N5O8S2. The second-order valence-corrected chi connectivity index (χ2v) is 21.0. The maximum absolute atomic E-state index is 14.9. The number of aromatic nitrogens is 2. The third-order valence-electron chi connectivity index (χ3n) is 13.2. The highest BCUT2D eigenvalue weighted by Crippen LogP contribution is 2.57. The van der Waals surface area contributed by atoms with Crippen molar-refractivity contribution in [3.8, 4) is 22.2 Å². The number of nitrogens with one attached hydrogen (secondary N) is 1. The predicted molar refractivity (Wildman–Crippen MR) is 229 cm³/mol. The van der Waals surface area contributed by atoms with Gasteiger partial charge in [0.25, 0.3) is 5.92 Å². The molecule has 3 aromatic rings. The van der Waals surface area contributed by atoms with E-state index in [-0.39, 0.29) is 63.5 Å². The lowest BCUT2D eigenvalue weighted by atomic mass is 9.90. The second-order valence-electron chi connectivity index (χ2n) is 18.2. The van der Waals surface area contributed by atoms with Crippen LogP contribution in [-0.2, 0) is 29.2 Å². The molecule has 0 bridgehead atoms. The molecule has 62 heavy (non-hydrogen) atoms. The standard InChI is InChI=1S/C45H55F2N5O8S2/c1-26(2)34-24-61-41(49-34)33-20-38(32-14-15-37(59-4)27(3)40(32)48-33)60-30-19-35-36(53)22-44(43(56)50-62(57,58)31-12-13-31)21-29(44)11-8-6-5-7-10-28(42(55)52(35)23-30)18-39(54)51-17-9-16-45(46,47)25-51/h8,11,14-15,20,24,26,28-31,35H,5-7,9-10,12-13,16-19,21-23,25H2,1-4H3,(H,50,56)/b11-8-/t28-,29-,30-,35+,44-/m1/s1. The molecule has 2 aromatic heterocycles. The number of aryl methyl sites for hydroxylation is 1. The summed E-state index contributed by atoms with van der Waals surface area (Å²) in [7, 11) is -2.32. The molecule has 0 spiro atoms. The van der Waals surface area contributed by atoms with E-state index in [1.54, 1.807) is 7.11 Å². The van der Waals surface area contributed by atoms with Gasteiger partial charge in [-0.3, -0.25) is 23.9 Å². The summed E-state index contributed by atoms with van der Waals surface area (Å²) in [5, 5.41) is 2.73. The number of nitrogens with zero attached hydrogens (tertiary/aromatic N) is 4. The van der Waals surface area contributed by atoms with Gasteiger partial charge >= 0.3 is 0 Å². The number of rotatable bonds is 10. The van der Waals surface area contributed by atoms with E-state index in [0.717, 1.165) is 16.2 Å². The van der Waals surface area contributed by atoms with Crippen molar-refractivity contribution in [3.05, 3.63) is 47.0 Å². The van der Waals surface area contributed by atoms with E-state index in [9.17, 15) is 36.4 Å². The molecule has 1 aromatic carbocycles. The molecule has 2 saturated heterocycles. The summed E-state index contributed by atoms with van der Waals surface area (Å²) in [6.07, 6.45) is 5.75. The minimum atomic E-state index is -3.90. The van der Waals surface area contributed by atoms with E-state index in [1.807, 2.05) is 42.7 Å². The van der Waals surface area contributed by atoms with Gasteiger partial charge in [0.15, 0.2) is 5.78 Å². The zero-order valence-electron chi connectivity index (χ0n) is 35.7. The molecule has 3 amide bonds. The summed E-state index contributed by atoms with van der Waals surface area (Å²) in [5.41, 5.74) is 1.60. The van der Waals surface area contributed by atoms with Crippen molar-refractivity contribution >= 4 is 55.8 Å². The van der Waals surface area contributed by atoms with Gasteiger partial charge in [0, 0.05) is 60.5 Å². The van der Waals surface area contributed by atoms with Gasteiger partial charge in [0.2, 0.25) is 27.7 Å². The molecule has 0 radical (unpaired) electrons. The fourth-order valence-electron chi connectivity index (χ4n) is 9.32. The molecule has 13 nitrogen and oxygen atoms in total. The number of hydrogen-bond acceptors (Lipinski definition) is 11. The third-order valence-corrected chi connectivity index (χ3v) is 15.9. The van der Waals surface area contributed by atoms with Crippen molar-refractivity contribution in [2.45, 2.75) is 127 Å². The lowest BCUT2D eigenvalue weighted by Crippen LogP contribution is -2.49. The van der Waals surface area contributed by atoms with Crippen LogP contribution in [0.15, 0.2) is 35.7 Å². The number of hydrogen-bond donors (Lipinski definition) is 1. The number of piperidine rings is 1. The van der Waals surface area contributed by atoms with Crippen LogP contribution in [0.1, 0.15) is 108 Å². The Morgan fingerprint density at radius 3 is 2.58 bits per heavy atom. The maximum atomic E-state index is 14.9. The van der Waals surface area contributed by atoms with Gasteiger partial charge in [-0.05, 0) is 75.8 Å². The number of alkyl halides is 2. The molecule has 8 rings (SSSR count). The molecule has 5 heterocycles. The number of methoxy groups -OCH3 is 1. The Kier molecular flexibility index (Phi) is 12.3. The van der Waals surface area contributed by atoms with Gasteiger partial charge in [0.1, 0.15) is 28.3 Å². The quantitative estimate of drug-likeness (QED) is 0.207. The van der Waals surface area contributed by atoms with Crippen molar-refractivity contribution in [2.75, 3.05) is 26.7 Å². The number of halogens is 2. The van der Waals surface area contributed by atoms with Crippen molar-refractivity contribution < 1.29 is 45.9 Å². The van der Waals surface area contributed by atoms with Gasteiger partial charge in [-0.25, -0.2) is 27.2 Å². The average Bonchev–Trinajstić information content (AvgIpc) is 4.10. The van der Waals surface area contributed by atoms with Crippen LogP contribution in [0, 0.1) is 24.2 Å². The van der Waals surface area contributed by atoms with E-state index in [0.29, 0.717) is 71.6 Å². The Bertz CT molecular complexity index is 2400. The first-order chi connectivity index (χ1) is 29.5. The van der Waals surface area contributed by atoms with Crippen molar-refractivity contribution in [2.24, 2.45) is 17.3 Å². The Labute approximate surface area is 365 Å². The SMILES string of the molecule is COc1ccc2c(O[C@@H]3C[C@H]4C(=O)C[C@]5(C(=O)NS(=O)(=O)C6CC6)C[C@H]5/C=C\CCCC[C@H](CC(=O)N5CCCC(F)(F)C5)C(=O)N4C3)cc(-c3nc(C(C)C)cs3)nc2c1C. The molecule has 4 fully saturated rings. The van der Waals surface area contributed by atoms with Crippen LogP contribution in [0.4, 0.5) is 8.78 Å². The van der Waals surface area contributed by atoms with E-state index >= 15 is 0 Å². The van der Waals surface area contributed by atoms with Crippen molar-refractivity contribution in [1.29, 1.82) is 0 Å². The summed E-state index contributed by atoms with van der Waals surface area (Å²) in [4.78, 5) is 69.6. The van der Waals surface area contributed by atoms with Crippen LogP contribution in [0.2, 0.25) is 0 Å². The van der Waals surface area contributed by atoms with Crippen molar-refractivity contribution in [3.63, 3.8) is 0 Å². The van der Waals surface area contributed by atoms with Gasteiger partial charge in [-0.1, -0.05) is 32.4 Å². The summed E-state index contributed by atoms with van der Waals surface area (Å²) in [6.45, 7) is 5.48. The number of fused-ring (bicyclic) bond motifs is 3. The number of Topliss-reactive ketones (excluding diaryl/α,β-unsaturated/α-hetero) is 1. The highest BCUT2D eigenvalue weighted by molar-refractivity contribution is 7.90. The van der Waals surface area contributed by atoms with E-state index in [1.165, 1.54) is 16.2 Å². The number of allylic oxidation sites excluding steroid dienone is 2. The minimum Gasteiger partial charge on any atom is -0.496 e. The van der Waals surface area contributed by atoms with Gasteiger partial charge in [-0.15, -0.1) is 11.3 Å². The largest absolute Gasteiger partial charge is 0.496 e. The summed E-state index contributed by atoms with van der Waals surface area (Å²) >= 11 is 1.46. The molecule has 0 unspecified atom stereocenters. The molecule has 17 heteroatoms. The van der Waals surface area contributed by atoms with E-state index in [4.69, 9.17) is 19.4 Å². The van der Waals surface area contributed by atoms with Gasteiger partial charge in [-0.2, -0.15) is 0 Å². The fourth-order valence-corrected chi connectivity index (χ4v) is 11.6. The lowest BCUT2D eigenvalue weighted by Gasteiger charge is -2.34. The Balaban J connectivity index is 1.14. The summed E-state index contributed by atoms with van der Waals surface area (Å²) in [6, 6.07) is 4.42. The summed E-state index contributed by atoms with van der Waals surface area (Å²) in [5.74, 6) is -5.09. The Hall–Kier alpha value is -4.51. The Morgan fingerprint density at radius 1 is 1.08 bits per heavy atom. The maximum Gasteiger partial charge on any atom is 0.265 e. The van der Waals surface area contributed by atoms with Crippen LogP contribution in [0.25, 0.3) is 21.6 Å². The highest BCUT2D eigenvalue weighted by Gasteiger charge is 2.61. The number of sulfonamides is 1. The predicted octanol–water partition coefficient (Wildman–Crippen LogP) is 7.12. The number of carbonyl (C=O) groups is 4. The number of pyridine rings is 1. The van der Waals surface area contributed by atoms with Crippen LogP contribution in [0.5, 0.6) is 11.5 Å². The lowest BCUT2D eigenvalue weighted by molar-refractivity contribution is -0.148. The van der Waals surface area contributed by atoms with Gasteiger partial charge < -0.3 is 19.3 Å².